The summed E-state index contributed by atoms with van der Waals surface area (Å²) in [5, 5.41) is 23.0. The first-order valence-corrected chi connectivity index (χ1v) is 6.62. The Balaban J connectivity index is 3.27. The van der Waals surface area contributed by atoms with E-state index in [-0.39, 0.29) is 33.9 Å². The number of ether oxygens (including phenoxy) is 1. The van der Waals surface area contributed by atoms with Crippen molar-refractivity contribution >= 4 is 28.9 Å². The summed E-state index contributed by atoms with van der Waals surface area (Å²) >= 11 is 6.00. The van der Waals surface area contributed by atoms with Gasteiger partial charge in [0.05, 0.1) is 33.8 Å². The van der Waals surface area contributed by atoms with Gasteiger partial charge in [-0.25, -0.2) is 4.79 Å². The number of carboxylic acid groups (broad SMARTS) is 1. The third kappa shape index (κ3) is 4.30. The largest absolute Gasteiger partial charge is 0.478 e. The number of anilines is 1. The number of hydrogen-bond acceptors (Lipinski definition) is 5. The highest BCUT2D eigenvalue weighted by Crippen LogP contribution is 2.32. The zero-order valence-corrected chi connectivity index (χ0v) is 12.7. The van der Waals surface area contributed by atoms with E-state index < -0.39 is 10.9 Å². The van der Waals surface area contributed by atoms with Crippen LogP contribution in [0.15, 0.2) is 12.1 Å². The molecule has 0 amide bonds. The van der Waals surface area contributed by atoms with Gasteiger partial charge < -0.3 is 15.2 Å². The lowest BCUT2D eigenvalue weighted by molar-refractivity contribution is -0.384. The number of hydrogen-bond donors (Lipinski definition) is 2. The van der Waals surface area contributed by atoms with E-state index in [4.69, 9.17) is 16.3 Å². The van der Waals surface area contributed by atoms with E-state index in [9.17, 15) is 20.0 Å². The minimum Gasteiger partial charge on any atom is -0.478 e. The van der Waals surface area contributed by atoms with Crippen molar-refractivity contribution in [2.75, 3.05) is 19.0 Å². The molecule has 0 aromatic heterocycles. The quantitative estimate of drug-likeness (QED) is 0.592. The molecule has 0 saturated carbocycles. The molecule has 0 saturated heterocycles. The van der Waals surface area contributed by atoms with Crippen molar-refractivity contribution < 1.29 is 19.6 Å². The van der Waals surface area contributed by atoms with E-state index in [1.54, 1.807) is 0 Å². The van der Waals surface area contributed by atoms with Gasteiger partial charge in [0, 0.05) is 19.2 Å². The summed E-state index contributed by atoms with van der Waals surface area (Å²) < 4.78 is 5.08. The van der Waals surface area contributed by atoms with Crippen molar-refractivity contribution in [2.45, 2.75) is 19.9 Å². The van der Waals surface area contributed by atoms with E-state index in [2.05, 4.69) is 5.32 Å². The fourth-order valence-corrected chi connectivity index (χ4v) is 2.05. The van der Waals surface area contributed by atoms with Crippen LogP contribution in [0.1, 0.15) is 24.2 Å². The minimum absolute atomic E-state index is 0.0108. The maximum Gasteiger partial charge on any atom is 0.338 e. The third-order valence-corrected chi connectivity index (χ3v) is 3.30. The first-order valence-electron chi connectivity index (χ1n) is 6.24. The molecule has 1 unspecified atom stereocenters. The number of benzene rings is 1. The summed E-state index contributed by atoms with van der Waals surface area (Å²) in [5.41, 5.74) is -0.447. The topological polar surface area (TPSA) is 102 Å². The maximum absolute atomic E-state index is 11.3. The van der Waals surface area contributed by atoms with Gasteiger partial charge in [-0.15, -0.1) is 0 Å². The van der Waals surface area contributed by atoms with Crippen LogP contribution in [-0.2, 0) is 4.74 Å². The van der Waals surface area contributed by atoms with Gasteiger partial charge in [-0.1, -0.05) is 25.4 Å². The van der Waals surface area contributed by atoms with Crippen LogP contribution in [0.3, 0.4) is 0 Å². The Kier molecular flexibility index (Phi) is 5.92. The number of halogens is 1. The Morgan fingerprint density at radius 1 is 1.52 bits per heavy atom. The number of carbonyl (C=O) groups is 1. The van der Waals surface area contributed by atoms with Gasteiger partial charge in [0.1, 0.15) is 0 Å². The lowest BCUT2D eigenvalue weighted by Crippen LogP contribution is -2.31. The van der Waals surface area contributed by atoms with Crippen molar-refractivity contribution in [1.29, 1.82) is 0 Å². The van der Waals surface area contributed by atoms with Crippen LogP contribution in [-0.4, -0.2) is 35.8 Å². The van der Waals surface area contributed by atoms with Crippen molar-refractivity contribution in [2.24, 2.45) is 5.92 Å². The lowest BCUT2D eigenvalue weighted by atomic mass is 10.0. The summed E-state index contributed by atoms with van der Waals surface area (Å²) in [4.78, 5) is 21.4. The summed E-state index contributed by atoms with van der Waals surface area (Å²) in [5.74, 6) is -1.14. The van der Waals surface area contributed by atoms with E-state index >= 15 is 0 Å². The smallest absolute Gasteiger partial charge is 0.338 e. The normalized spacial score (nSPS) is 12.2. The molecule has 0 bridgehead atoms. The molecule has 0 heterocycles. The first kappa shape index (κ1) is 17.2. The molecule has 21 heavy (non-hydrogen) atoms. The molecule has 1 rings (SSSR count). The summed E-state index contributed by atoms with van der Waals surface area (Å²) in [6.07, 6.45) is 0. The highest BCUT2D eigenvalue weighted by atomic mass is 35.5. The number of aromatic carboxylic acids is 1. The van der Waals surface area contributed by atoms with Crippen molar-refractivity contribution in [3.8, 4) is 0 Å². The second-order valence-electron chi connectivity index (χ2n) is 4.86. The van der Waals surface area contributed by atoms with Gasteiger partial charge in [0.25, 0.3) is 5.69 Å². The summed E-state index contributed by atoms with van der Waals surface area (Å²) in [7, 11) is 1.53. The molecule has 8 heteroatoms. The first-order chi connectivity index (χ1) is 9.77. The van der Waals surface area contributed by atoms with Crippen LogP contribution in [0.25, 0.3) is 0 Å². The average molecular weight is 317 g/mol. The molecular weight excluding hydrogens is 300 g/mol. The Labute approximate surface area is 127 Å². The van der Waals surface area contributed by atoms with Crippen LogP contribution >= 0.6 is 11.6 Å². The monoisotopic (exact) mass is 316 g/mol. The van der Waals surface area contributed by atoms with Crippen LogP contribution in [0, 0.1) is 16.0 Å². The number of non-ortho nitro benzene ring substituents is 1. The van der Waals surface area contributed by atoms with E-state index in [0.717, 1.165) is 12.1 Å². The number of nitro benzene ring substituents is 1. The van der Waals surface area contributed by atoms with E-state index in [1.165, 1.54) is 7.11 Å². The molecule has 0 spiro atoms. The number of nitrogens with one attached hydrogen (secondary N) is 1. The van der Waals surface area contributed by atoms with Gasteiger partial charge in [0.15, 0.2) is 0 Å². The Morgan fingerprint density at radius 2 is 2.14 bits per heavy atom. The summed E-state index contributed by atoms with van der Waals surface area (Å²) in [6, 6.07) is 1.94. The second-order valence-corrected chi connectivity index (χ2v) is 5.27. The van der Waals surface area contributed by atoms with Crippen molar-refractivity contribution in [1.82, 2.24) is 0 Å². The van der Waals surface area contributed by atoms with Gasteiger partial charge in [-0.3, -0.25) is 10.1 Å². The predicted molar refractivity (Wildman–Crippen MR) is 79.2 cm³/mol. The zero-order valence-electron chi connectivity index (χ0n) is 11.9. The molecule has 0 fully saturated rings. The van der Waals surface area contributed by atoms with Crippen LogP contribution in [0.5, 0.6) is 0 Å². The van der Waals surface area contributed by atoms with Crippen LogP contribution < -0.4 is 5.32 Å². The van der Waals surface area contributed by atoms with Gasteiger partial charge in [-0.2, -0.15) is 0 Å². The Morgan fingerprint density at radius 3 is 2.57 bits per heavy atom. The number of rotatable bonds is 7. The molecule has 0 radical (unpaired) electrons. The fraction of sp³-hybridized carbons (Fsp3) is 0.462. The maximum atomic E-state index is 11.3. The standard InChI is InChI=1S/C13H17ClN2O5/c1-7(2)11(6-21-3)15-12-9(13(17)18)4-8(16(19)20)5-10(12)14/h4-5,7,11,15H,6H2,1-3H3,(H,17,18). The molecule has 1 aromatic carbocycles. The summed E-state index contributed by atoms with van der Waals surface area (Å²) in [6.45, 7) is 4.23. The van der Waals surface area contributed by atoms with Crippen molar-refractivity contribution in [3.05, 3.63) is 32.8 Å². The second kappa shape index (κ2) is 7.24. The predicted octanol–water partition coefficient (Wildman–Crippen LogP) is 3.03. The van der Waals surface area contributed by atoms with E-state index in [1.807, 2.05) is 13.8 Å². The third-order valence-electron chi connectivity index (χ3n) is 3.00. The van der Waals surface area contributed by atoms with Gasteiger partial charge in [0.2, 0.25) is 0 Å². The highest BCUT2D eigenvalue weighted by Gasteiger charge is 2.23. The van der Waals surface area contributed by atoms with E-state index in [0.29, 0.717) is 6.61 Å². The number of nitro groups is 1. The molecule has 0 aliphatic carbocycles. The molecule has 1 aromatic rings. The van der Waals surface area contributed by atoms with Crippen LogP contribution in [0.4, 0.5) is 11.4 Å². The van der Waals surface area contributed by atoms with Gasteiger partial charge in [-0.05, 0) is 5.92 Å². The lowest BCUT2D eigenvalue weighted by Gasteiger charge is -2.24. The molecule has 7 nitrogen and oxygen atoms in total. The zero-order chi connectivity index (χ0) is 16.2. The number of nitrogens with zero attached hydrogens (tertiary/aromatic N) is 1. The average Bonchev–Trinajstić information content (AvgIpc) is 2.38. The number of methoxy groups -OCH3 is 1. The molecule has 0 aliphatic heterocycles. The fourth-order valence-electron chi connectivity index (χ4n) is 1.78. The minimum atomic E-state index is -1.29. The highest BCUT2D eigenvalue weighted by molar-refractivity contribution is 6.34. The SMILES string of the molecule is COCC(Nc1c(Cl)cc([N+](=O)[O-])cc1C(=O)O)C(C)C. The van der Waals surface area contributed by atoms with Crippen molar-refractivity contribution in [3.63, 3.8) is 0 Å². The van der Waals surface area contributed by atoms with Gasteiger partial charge >= 0.3 is 5.97 Å². The molecule has 1 atom stereocenters. The molecular formula is C13H17ClN2O5. The number of carboxylic acids is 1. The molecule has 0 aliphatic rings. The molecule has 2 N–H and O–H groups in total. The Hall–Kier alpha value is -1.86. The molecule has 116 valence electrons. The Bertz CT molecular complexity index is 548. The van der Waals surface area contributed by atoms with Crippen LogP contribution in [0.2, 0.25) is 5.02 Å².